The Kier molecular flexibility index (Phi) is 3.31. The minimum absolute atomic E-state index is 0.122. The normalized spacial score (nSPS) is 24.0. The molecule has 1 aliphatic heterocycles. The van der Waals surface area contributed by atoms with Crippen LogP contribution in [0.4, 0.5) is 0 Å². The molecule has 1 aliphatic rings. The molecule has 0 aliphatic carbocycles. The maximum absolute atomic E-state index is 11.8. The highest BCUT2D eigenvalue weighted by Gasteiger charge is 2.32. The Hall–Kier alpha value is -1.59. The van der Waals surface area contributed by atoms with Gasteiger partial charge in [-0.15, -0.1) is 0 Å². The van der Waals surface area contributed by atoms with E-state index in [-0.39, 0.29) is 31.2 Å². The Labute approximate surface area is 98.9 Å². The van der Waals surface area contributed by atoms with Crippen LogP contribution < -0.4 is 0 Å². The van der Waals surface area contributed by atoms with Crippen LogP contribution in [0, 0.1) is 0 Å². The predicted molar refractivity (Wildman–Crippen MR) is 60.4 cm³/mol. The maximum Gasteiger partial charge on any atom is 0.227 e. The monoisotopic (exact) mass is 237 g/mol. The second kappa shape index (κ2) is 4.73. The Morgan fingerprint density at radius 2 is 1.94 bits per heavy atom. The molecule has 0 aromatic heterocycles. The van der Waals surface area contributed by atoms with E-state index in [1.165, 1.54) is 17.0 Å². The molecule has 92 valence electrons. The van der Waals surface area contributed by atoms with E-state index in [4.69, 9.17) is 0 Å². The van der Waals surface area contributed by atoms with Crippen molar-refractivity contribution in [3.8, 4) is 5.75 Å². The molecular weight excluding hydrogens is 222 g/mol. The number of phenolic OH excluding ortho intramolecular Hbond substituents is 1. The van der Waals surface area contributed by atoms with Gasteiger partial charge in [-0.2, -0.15) is 0 Å². The van der Waals surface area contributed by atoms with E-state index in [0.717, 1.165) is 0 Å². The predicted octanol–water partition coefficient (Wildman–Crippen LogP) is -0.501. The van der Waals surface area contributed by atoms with E-state index in [1.54, 1.807) is 12.1 Å². The minimum atomic E-state index is -0.858. The molecular formula is C12H15NO4. The molecule has 5 nitrogen and oxygen atoms in total. The van der Waals surface area contributed by atoms with Crippen molar-refractivity contribution >= 4 is 5.91 Å². The van der Waals surface area contributed by atoms with Crippen molar-refractivity contribution in [2.24, 2.45) is 0 Å². The first kappa shape index (κ1) is 11.9. The first-order valence-corrected chi connectivity index (χ1v) is 5.48. The number of aliphatic hydroxyl groups excluding tert-OH is 2. The lowest BCUT2D eigenvalue weighted by Crippen LogP contribution is -2.31. The van der Waals surface area contributed by atoms with Crippen molar-refractivity contribution in [1.82, 2.24) is 4.90 Å². The van der Waals surface area contributed by atoms with Gasteiger partial charge in [0.2, 0.25) is 5.91 Å². The van der Waals surface area contributed by atoms with Crippen molar-refractivity contribution in [1.29, 1.82) is 0 Å². The molecule has 1 heterocycles. The fourth-order valence-corrected chi connectivity index (χ4v) is 1.93. The van der Waals surface area contributed by atoms with Crippen molar-refractivity contribution in [3.05, 3.63) is 29.8 Å². The standard InChI is InChI=1S/C12H15NO4/c14-9-3-1-2-8(4-9)5-12(17)13-6-10(15)11(16)7-13/h1-4,10-11,14-16H,5-7H2/t10-,11+. The fraction of sp³-hybridized carbons (Fsp3) is 0.417. The van der Waals surface area contributed by atoms with E-state index >= 15 is 0 Å². The van der Waals surface area contributed by atoms with Crippen molar-refractivity contribution in [3.63, 3.8) is 0 Å². The smallest absolute Gasteiger partial charge is 0.227 e. The number of carbonyl (C=O) groups excluding carboxylic acids is 1. The maximum atomic E-state index is 11.8. The van der Waals surface area contributed by atoms with Crippen LogP contribution in [-0.4, -0.2) is 51.4 Å². The van der Waals surface area contributed by atoms with Crippen molar-refractivity contribution in [2.75, 3.05) is 13.1 Å². The molecule has 0 unspecified atom stereocenters. The van der Waals surface area contributed by atoms with Gasteiger partial charge in [-0.3, -0.25) is 4.79 Å². The number of aliphatic hydroxyl groups is 2. The third-order valence-corrected chi connectivity index (χ3v) is 2.88. The summed E-state index contributed by atoms with van der Waals surface area (Å²) in [5, 5.41) is 28.0. The molecule has 0 radical (unpaired) electrons. The van der Waals surface area contributed by atoms with Gasteiger partial charge in [0.25, 0.3) is 0 Å². The number of carbonyl (C=O) groups is 1. The second-order valence-corrected chi connectivity index (χ2v) is 4.28. The number of benzene rings is 1. The molecule has 1 aromatic carbocycles. The van der Waals surface area contributed by atoms with Crippen LogP contribution in [0.25, 0.3) is 0 Å². The van der Waals surface area contributed by atoms with Gasteiger partial charge in [0, 0.05) is 13.1 Å². The first-order chi connectivity index (χ1) is 8.06. The Morgan fingerprint density at radius 1 is 1.29 bits per heavy atom. The second-order valence-electron chi connectivity index (χ2n) is 4.28. The zero-order valence-electron chi connectivity index (χ0n) is 9.28. The summed E-state index contributed by atoms with van der Waals surface area (Å²) in [6.45, 7) is 0.331. The van der Waals surface area contributed by atoms with Gasteiger partial charge in [-0.05, 0) is 17.7 Å². The van der Waals surface area contributed by atoms with E-state index < -0.39 is 12.2 Å². The quantitative estimate of drug-likeness (QED) is 0.647. The molecule has 1 aromatic rings. The highest BCUT2D eigenvalue weighted by molar-refractivity contribution is 5.79. The fourth-order valence-electron chi connectivity index (χ4n) is 1.93. The van der Waals surface area contributed by atoms with E-state index in [0.29, 0.717) is 5.56 Å². The van der Waals surface area contributed by atoms with Gasteiger partial charge in [-0.25, -0.2) is 0 Å². The summed E-state index contributed by atoms with van der Waals surface area (Å²) in [5.74, 6) is -0.0389. The van der Waals surface area contributed by atoms with Gasteiger partial charge >= 0.3 is 0 Å². The molecule has 3 N–H and O–H groups in total. The lowest BCUT2D eigenvalue weighted by molar-refractivity contribution is -0.129. The summed E-state index contributed by atoms with van der Waals surface area (Å²) < 4.78 is 0. The summed E-state index contributed by atoms with van der Waals surface area (Å²) >= 11 is 0. The molecule has 0 spiro atoms. The number of rotatable bonds is 2. The topological polar surface area (TPSA) is 81.0 Å². The molecule has 0 bridgehead atoms. The van der Waals surface area contributed by atoms with Crippen LogP contribution in [0.3, 0.4) is 0 Å². The number of phenols is 1. The van der Waals surface area contributed by atoms with Gasteiger partial charge in [0.1, 0.15) is 5.75 Å². The molecule has 1 amide bonds. The summed E-state index contributed by atoms with van der Waals surface area (Å²) in [6.07, 6.45) is -1.56. The Balaban J connectivity index is 1.98. The zero-order chi connectivity index (χ0) is 12.4. The third kappa shape index (κ3) is 2.75. The zero-order valence-corrected chi connectivity index (χ0v) is 9.28. The molecule has 17 heavy (non-hydrogen) atoms. The molecule has 2 rings (SSSR count). The van der Waals surface area contributed by atoms with Crippen molar-refractivity contribution < 1.29 is 20.1 Å². The molecule has 5 heteroatoms. The van der Waals surface area contributed by atoms with Gasteiger partial charge in [-0.1, -0.05) is 12.1 Å². The Bertz CT molecular complexity index is 411. The number of amides is 1. The van der Waals surface area contributed by atoms with Gasteiger partial charge < -0.3 is 20.2 Å². The summed E-state index contributed by atoms with van der Waals surface area (Å²) in [4.78, 5) is 13.3. The van der Waals surface area contributed by atoms with E-state index in [1.807, 2.05) is 0 Å². The average molecular weight is 237 g/mol. The van der Waals surface area contributed by atoms with Crippen LogP contribution >= 0.6 is 0 Å². The Morgan fingerprint density at radius 3 is 2.53 bits per heavy atom. The SMILES string of the molecule is O=C(Cc1cccc(O)c1)N1C[C@@H](O)[C@@H](O)C1. The number of β-amino-alcohol motifs (C(OH)–C–C–N with tert-alkyl or cyclic N) is 2. The van der Waals surface area contributed by atoms with Crippen molar-refractivity contribution in [2.45, 2.75) is 18.6 Å². The minimum Gasteiger partial charge on any atom is -0.508 e. The molecule has 1 saturated heterocycles. The first-order valence-electron chi connectivity index (χ1n) is 5.48. The van der Waals surface area contributed by atoms with Crippen LogP contribution in [0.1, 0.15) is 5.56 Å². The number of nitrogens with zero attached hydrogens (tertiary/aromatic N) is 1. The van der Waals surface area contributed by atoms with Gasteiger partial charge in [0.15, 0.2) is 0 Å². The molecule has 0 saturated carbocycles. The van der Waals surface area contributed by atoms with E-state index in [9.17, 15) is 20.1 Å². The van der Waals surface area contributed by atoms with Crippen LogP contribution in [0.15, 0.2) is 24.3 Å². The van der Waals surface area contributed by atoms with Crippen LogP contribution in [-0.2, 0) is 11.2 Å². The van der Waals surface area contributed by atoms with Gasteiger partial charge in [0.05, 0.1) is 18.6 Å². The number of hydrogen-bond donors (Lipinski definition) is 3. The van der Waals surface area contributed by atoms with E-state index in [2.05, 4.69) is 0 Å². The number of hydrogen-bond acceptors (Lipinski definition) is 4. The largest absolute Gasteiger partial charge is 0.508 e. The lowest BCUT2D eigenvalue weighted by Gasteiger charge is -2.15. The summed E-state index contributed by atoms with van der Waals surface area (Å²) in [5.41, 5.74) is 0.714. The third-order valence-electron chi connectivity index (χ3n) is 2.88. The highest BCUT2D eigenvalue weighted by atomic mass is 16.3. The molecule has 1 fully saturated rings. The van der Waals surface area contributed by atoms with Crippen LogP contribution in [0.5, 0.6) is 5.75 Å². The van der Waals surface area contributed by atoms with Crippen LogP contribution in [0.2, 0.25) is 0 Å². The summed E-state index contributed by atoms with van der Waals surface area (Å²) in [7, 11) is 0. The lowest BCUT2D eigenvalue weighted by atomic mass is 10.1. The summed E-state index contributed by atoms with van der Waals surface area (Å²) in [6, 6.07) is 6.49. The number of likely N-dealkylation sites (tertiary alicyclic amines) is 1. The highest BCUT2D eigenvalue weighted by Crippen LogP contribution is 2.15. The number of aromatic hydroxyl groups is 1. The average Bonchev–Trinajstić information content (AvgIpc) is 2.59. The molecule has 2 atom stereocenters.